The van der Waals surface area contributed by atoms with Gasteiger partial charge in [-0.05, 0) is 70.3 Å². The largest absolute Gasteiger partial charge is 0.389 e. The molecule has 5 fully saturated rings. The Morgan fingerprint density at radius 3 is 2.49 bits per heavy atom. The summed E-state index contributed by atoms with van der Waals surface area (Å²) in [7, 11) is 0. The Kier molecular flexibility index (Phi) is 4.15. The van der Waals surface area contributed by atoms with Gasteiger partial charge in [0.25, 0.3) is 0 Å². The van der Waals surface area contributed by atoms with Crippen molar-refractivity contribution < 1.29 is 34.3 Å². The molecule has 7 rings (SSSR count). The number of aliphatic hydroxyl groups is 3. The van der Waals surface area contributed by atoms with Gasteiger partial charge in [0.05, 0.1) is 22.5 Å². The van der Waals surface area contributed by atoms with Gasteiger partial charge >= 0.3 is 0 Å². The van der Waals surface area contributed by atoms with Crippen LogP contribution in [0.2, 0.25) is 0 Å². The normalized spacial score (nSPS) is 64.2. The maximum atomic E-state index is 13.3. The van der Waals surface area contributed by atoms with Gasteiger partial charge in [-0.15, -0.1) is 0 Å². The third-order valence-electron chi connectivity index (χ3n) is 12.5. The van der Waals surface area contributed by atoms with E-state index >= 15 is 0 Å². The lowest BCUT2D eigenvalue weighted by Gasteiger charge is -2.67. The molecule has 13 atom stereocenters. The molecular formula is C28H38O7. The molecule has 4 aliphatic carbocycles. The lowest BCUT2D eigenvalue weighted by atomic mass is 9.43. The number of hydrogen-bond acceptors (Lipinski definition) is 7. The molecule has 0 aromatic rings. The Balaban J connectivity index is 1.33. The van der Waals surface area contributed by atoms with Gasteiger partial charge in [0.1, 0.15) is 17.3 Å². The van der Waals surface area contributed by atoms with Crippen molar-refractivity contribution in [3.63, 3.8) is 0 Å². The fourth-order valence-corrected chi connectivity index (χ4v) is 9.88. The SMILES string of the molecule is C[C@@H]1[C@@H]([C@@H]2O[C@H](O)[C@@]3(C)O[C@@]23C)O[C@@]2(O)C[C@H]3[C@@H](CC=C4CC=CC(=O)[C@@]43C)[C@@H]3CC[C@]1(O)[C@]32C. The second-order valence-electron chi connectivity index (χ2n) is 13.3. The van der Waals surface area contributed by atoms with E-state index in [0.29, 0.717) is 6.42 Å². The number of aliphatic hydroxyl groups excluding tert-OH is 1. The van der Waals surface area contributed by atoms with Crippen molar-refractivity contribution in [3.8, 4) is 0 Å². The van der Waals surface area contributed by atoms with Gasteiger partial charge in [0, 0.05) is 12.3 Å². The summed E-state index contributed by atoms with van der Waals surface area (Å²) in [5.41, 5.74) is -3.14. The van der Waals surface area contributed by atoms with Gasteiger partial charge in [-0.2, -0.15) is 0 Å². The third-order valence-corrected chi connectivity index (χ3v) is 12.5. The second kappa shape index (κ2) is 6.30. The summed E-state index contributed by atoms with van der Waals surface area (Å²) < 4.78 is 18.7. The maximum Gasteiger partial charge on any atom is 0.187 e. The van der Waals surface area contributed by atoms with E-state index < -0.39 is 51.9 Å². The van der Waals surface area contributed by atoms with Gasteiger partial charge in [0.2, 0.25) is 0 Å². The summed E-state index contributed by atoms with van der Waals surface area (Å²) in [4.78, 5) is 13.3. The van der Waals surface area contributed by atoms with Gasteiger partial charge in [-0.3, -0.25) is 4.79 Å². The standard InChI is InChI=1S/C28H38O7/c1-14-20(21-25(4)26(5,35-25)22(30)33-21)34-28(32)13-18-16(17-11-12-27(14,31)24(17,28)3)10-9-15-7-6-8-19(29)23(15,18)2/h6,8-9,14,16-18,20-22,30-32H,7,10-13H2,1-5H3/t14-,16+,17+,18+,20+,21+,22+,23+,24+,25+,26-,27-,28+/m1/s1. The molecule has 0 amide bonds. The van der Waals surface area contributed by atoms with E-state index in [1.54, 1.807) is 6.08 Å². The van der Waals surface area contributed by atoms with Crippen molar-refractivity contribution in [2.45, 2.75) is 108 Å². The van der Waals surface area contributed by atoms with Crippen LogP contribution in [-0.4, -0.2) is 62.2 Å². The molecule has 35 heavy (non-hydrogen) atoms. The summed E-state index contributed by atoms with van der Waals surface area (Å²) in [5.74, 6) is -1.72. The Morgan fingerprint density at radius 2 is 1.83 bits per heavy atom. The molecular weight excluding hydrogens is 448 g/mol. The summed E-state index contributed by atoms with van der Waals surface area (Å²) >= 11 is 0. The van der Waals surface area contributed by atoms with E-state index in [9.17, 15) is 20.1 Å². The average Bonchev–Trinajstić information content (AvgIpc) is 3.17. The number of ketones is 1. The van der Waals surface area contributed by atoms with E-state index in [-0.39, 0.29) is 35.9 Å². The fourth-order valence-electron chi connectivity index (χ4n) is 9.88. The van der Waals surface area contributed by atoms with Crippen LogP contribution >= 0.6 is 0 Å². The van der Waals surface area contributed by atoms with Crippen molar-refractivity contribution in [1.29, 1.82) is 0 Å². The number of allylic oxidation sites excluding steroid dienone is 4. The molecule has 2 saturated carbocycles. The van der Waals surface area contributed by atoms with Crippen molar-refractivity contribution in [2.75, 3.05) is 0 Å². The molecule has 7 nitrogen and oxygen atoms in total. The average molecular weight is 487 g/mol. The van der Waals surface area contributed by atoms with Crippen LogP contribution in [0.15, 0.2) is 23.8 Å². The Labute approximate surface area is 206 Å². The summed E-state index contributed by atoms with van der Waals surface area (Å²) in [5, 5.41) is 35.5. The van der Waals surface area contributed by atoms with Crippen LogP contribution in [0.3, 0.4) is 0 Å². The van der Waals surface area contributed by atoms with Crippen molar-refractivity contribution in [1.82, 2.24) is 0 Å². The molecule has 7 heteroatoms. The van der Waals surface area contributed by atoms with Gasteiger partial charge < -0.3 is 29.5 Å². The lowest BCUT2D eigenvalue weighted by Crippen LogP contribution is -2.76. The molecule has 0 radical (unpaired) electrons. The summed E-state index contributed by atoms with van der Waals surface area (Å²) in [6.45, 7) is 9.76. The van der Waals surface area contributed by atoms with Crippen LogP contribution in [-0.2, 0) is 19.0 Å². The molecule has 0 aromatic heterocycles. The first kappa shape index (κ1) is 23.1. The number of carbonyl (C=O) groups is 1. The monoisotopic (exact) mass is 486 g/mol. The minimum absolute atomic E-state index is 0.0288. The first-order valence-corrected chi connectivity index (χ1v) is 13.3. The first-order valence-electron chi connectivity index (χ1n) is 13.3. The second-order valence-corrected chi connectivity index (χ2v) is 13.3. The molecule has 3 aliphatic heterocycles. The number of ether oxygens (including phenoxy) is 3. The van der Waals surface area contributed by atoms with Crippen LogP contribution in [0, 0.1) is 34.5 Å². The molecule has 0 spiro atoms. The highest BCUT2D eigenvalue weighted by Gasteiger charge is 2.83. The van der Waals surface area contributed by atoms with E-state index in [4.69, 9.17) is 14.2 Å². The molecule has 3 saturated heterocycles. The number of epoxide rings is 1. The third kappa shape index (κ3) is 2.22. The smallest absolute Gasteiger partial charge is 0.187 e. The van der Waals surface area contributed by atoms with Gasteiger partial charge in [-0.25, -0.2) is 0 Å². The van der Waals surface area contributed by atoms with Crippen LogP contribution < -0.4 is 0 Å². The number of hydrogen-bond donors (Lipinski definition) is 3. The highest BCUT2D eigenvalue weighted by atomic mass is 16.8. The van der Waals surface area contributed by atoms with Crippen LogP contribution in [0.1, 0.15) is 66.7 Å². The van der Waals surface area contributed by atoms with Crippen molar-refractivity contribution in [3.05, 3.63) is 23.8 Å². The van der Waals surface area contributed by atoms with Crippen molar-refractivity contribution in [2.24, 2.45) is 34.5 Å². The zero-order valence-corrected chi connectivity index (χ0v) is 21.3. The number of rotatable bonds is 1. The Bertz CT molecular complexity index is 1090. The molecule has 0 bridgehead atoms. The van der Waals surface area contributed by atoms with E-state index in [1.165, 1.54) is 0 Å². The van der Waals surface area contributed by atoms with E-state index in [0.717, 1.165) is 24.8 Å². The minimum Gasteiger partial charge on any atom is -0.389 e. The maximum absolute atomic E-state index is 13.3. The highest BCUT2D eigenvalue weighted by Crippen LogP contribution is 2.74. The van der Waals surface area contributed by atoms with E-state index in [1.807, 2.05) is 40.7 Å². The predicted molar refractivity (Wildman–Crippen MR) is 125 cm³/mol. The quantitative estimate of drug-likeness (QED) is 0.386. The molecule has 7 aliphatic rings. The van der Waals surface area contributed by atoms with E-state index in [2.05, 4.69) is 6.08 Å². The van der Waals surface area contributed by atoms with Crippen LogP contribution in [0.25, 0.3) is 0 Å². The Morgan fingerprint density at radius 1 is 1.09 bits per heavy atom. The molecule has 3 heterocycles. The zero-order chi connectivity index (χ0) is 25.0. The Hall–Kier alpha value is -1.09. The van der Waals surface area contributed by atoms with Gasteiger partial charge in [0.15, 0.2) is 17.9 Å². The molecule has 0 aromatic carbocycles. The fraction of sp³-hybridized carbons (Fsp3) is 0.821. The lowest BCUT2D eigenvalue weighted by molar-refractivity contribution is -0.419. The summed E-state index contributed by atoms with van der Waals surface area (Å²) in [6.07, 6.45) is 6.78. The molecule has 192 valence electrons. The predicted octanol–water partition coefficient (Wildman–Crippen LogP) is 2.62. The highest BCUT2D eigenvalue weighted by molar-refractivity contribution is 5.98. The topological polar surface area (TPSA) is 109 Å². The minimum atomic E-state index is -1.63. The van der Waals surface area contributed by atoms with Gasteiger partial charge in [-0.1, -0.05) is 31.6 Å². The zero-order valence-electron chi connectivity index (χ0n) is 21.3. The first-order chi connectivity index (χ1) is 16.3. The number of carbonyl (C=O) groups excluding carboxylic acids is 1. The van der Waals surface area contributed by atoms with Crippen LogP contribution in [0.5, 0.6) is 0 Å². The molecule has 0 unspecified atom stereocenters. The molecule has 3 N–H and O–H groups in total. The summed E-state index contributed by atoms with van der Waals surface area (Å²) in [6, 6.07) is 0. The van der Waals surface area contributed by atoms with Crippen LogP contribution in [0.4, 0.5) is 0 Å². The van der Waals surface area contributed by atoms with Crippen molar-refractivity contribution >= 4 is 5.78 Å². The number of fused-ring (bicyclic) bond motifs is 5.